The van der Waals surface area contributed by atoms with Gasteiger partial charge in [-0.25, -0.2) is 8.78 Å². The van der Waals surface area contributed by atoms with Crippen molar-refractivity contribution in [3.63, 3.8) is 0 Å². The maximum absolute atomic E-state index is 13.7. The number of amides is 1. The molecule has 4 nitrogen and oxygen atoms in total. The lowest BCUT2D eigenvalue weighted by Gasteiger charge is -2.10. The molecule has 0 unspecified atom stereocenters. The van der Waals surface area contributed by atoms with E-state index < -0.39 is 17.5 Å². The van der Waals surface area contributed by atoms with E-state index in [0.717, 1.165) is 17.4 Å². The van der Waals surface area contributed by atoms with Crippen molar-refractivity contribution >= 4 is 17.3 Å². The van der Waals surface area contributed by atoms with E-state index in [1.807, 2.05) is 0 Å². The standard InChI is InChI=1S/C15H12F2N2O2/c16-10-2-3-11(18)14(13(10)17)19-15(20)9-1-4-12-8(7-9)5-6-21-12/h1-4,7H,5-6,18H2,(H,19,20). The molecule has 2 aromatic rings. The quantitative estimate of drug-likeness (QED) is 0.836. The monoisotopic (exact) mass is 290 g/mol. The Morgan fingerprint density at radius 2 is 2.05 bits per heavy atom. The number of rotatable bonds is 2. The summed E-state index contributed by atoms with van der Waals surface area (Å²) >= 11 is 0. The summed E-state index contributed by atoms with van der Waals surface area (Å²) in [5.41, 5.74) is 6.43. The second-order valence-electron chi connectivity index (χ2n) is 4.70. The number of fused-ring (bicyclic) bond motifs is 1. The van der Waals surface area contributed by atoms with E-state index in [2.05, 4.69) is 5.32 Å². The Balaban J connectivity index is 1.89. The zero-order valence-electron chi connectivity index (χ0n) is 11.0. The minimum absolute atomic E-state index is 0.0354. The molecular weight excluding hydrogens is 278 g/mol. The van der Waals surface area contributed by atoms with Crippen LogP contribution in [0.15, 0.2) is 30.3 Å². The summed E-state index contributed by atoms with van der Waals surface area (Å²) in [6, 6.07) is 7.03. The molecule has 108 valence electrons. The molecule has 3 rings (SSSR count). The second kappa shape index (κ2) is 5.05. The van der Waals surface area contributed by atoms with Gasteiger partial charge in [0, 0.05) is 12.0 Å². The van der Waals surface area contributed by atoms with Crippen molar-refractivity contribution in [2.45, 2.75) is 6.42 Å². The van der Waals surface area contributed by atoms with Crippen molar-refractivity contribution in [3.05, 3.63) is 53.1 Å². The number of hydrogen-bond donors (Lipinski definition) is 2. The molecule has 0 saturated carbocycles. The number of nitrogen functional groups attached to an aromatic ring is 1. The van der Waals surface area contributed by atoms with Crippen molar-refractivity contribution < 1.29 is 18.3 Å². The number of anilines is 2. The number of ether oxygens (including phenoxy) is 1. The summed E-state index contributed by atoms with van der Waals surface area (Å²) in [5.74, 6) is -2.06. The Morgan fingerprint density at radius 3 is 2.86 bits per heavy atom. The summed E-state index contributed by atoms with van der Waals surface area (Å²) in [7, 11) is 0. The number of benzene rings is 2. The predicted octanol–water partition coefficient (Wildman–Crippen LogP) is 2.73. The van der Waals surface area contributed by atoms with E-state index in [1.54, 1.807) is 18.2 Å². The average Bonchev–Trinajstić information content (AvgIpc) is 2.94. The summed E-state index contributed by atoms with van der Waals surface area (Å²) in [6.45, 7) is 0.575. The number of carbonyl (C=O) groups is 1. The Morgan fingerprint density at radius 1 is 1.24 bits per heavy atom. The molecule has 0 aromatic heterocycles. The van der Waals surface area contributed by atoms with Gasteiger partial charge in [0.2, 0.25) is 0 Å². The molecule has 0 spiro atoms. The molecule has 1 heterocycles. The fourth-order valence-electron chi connectivity index (χ4n) is 2.21. The van der Waals surface area contributed by atoms with E-state index >= 15 is 0 Å². The van der Waals surface area contributed by atoms with Crippen LogP contribution in [0.4, 0.5) is 20.2 Å². The minimum Gasteiger partial charge on any atom is -0.493 e. The molecule has 1 amide bonds. The van der Waals surface area contributed by atoms with Gasteiger partial charge in [0.25, 0.3) is 5.91 Å². The third-order valence-electron chi connectivity index (χ3n) is 3.32. The summed E-state index contributed by atoms with van der Waals surface area (Å²) in [5, 5.41) is 2.31. The van der Waals surface area contributed by atoms with Gasteiger partial charge >= 0.3 is 0 Å². The molecule has 3 N–H and O–H groups in total. The molecule has 0 saturated heterocycles. The van der Waals surface area contributed by atoms with Crippen molar-refractivity contribution in [1.82, 2.24) is 0 Å². The van der Waals surface area contributed by atoms with Crippen LogP contribution < -0.4 is 15.8 Å². The second-order valence-corrected chi connectivity index (χ2v) is 4.70. The maximum Gasteiger partial charge on any atom is 0.255 e. The molecule has 21 heavy (non-hydrogen) atoms. The minimum atomic E-state index is -1.17. The SMILES string of the molecule is Nc1ccc(F)c(F)c1NC(=O)c1ccc2c(c1)CCO2. The lowest BCUT2D eigenvalue weighted by molar-refractivity contribution is 0.102. The first-order valence-corrected chi connectivity index (χ1v) is 6.37. The van der Waals surface area contributed by atoms with E-state index in [0.29, 0.717) is 18.6 Å². The van der Waals surface area contributed by atoms with Crippen molar-refractivity contribution in [1.29, 1.82) is 0 Å². The molecule has 0 atom stereocenters. The predicted molar refractivity (Wildman–Crippen MR) is 74.4 cm³/mol. The van der Waals surface area contributed by atoms with Crippen LogP contribution >= 0.6 is 0 Å². The Kier molecular flexibility index (Phi) is 3.21. The van der Waals surface area contributed by atoms with Gasteiger partial charge in [-0.05, 0) is 35.9 Å². The van der Waals surface area contributed by atoms with Crippen LogP contribution in [0.3, 0.4) is 0 Å². The van der Waals surface area contributed by atoms with Gasteiger partial charge in [-0.15, -0.1) is 0 Å². The lowest BCUT2D eigenvalue weighted by Crippen LogP contribution is -2.15. The third-order valence-corrected chi connectivity index (χ3v) is 3.32. The normalized spacial score (nSPS) is 12.7. The maximum atomic E-state index is 13.7. The first-order valence-electron chi connectivity index (χ1n) is 6.37. The molecule has 2 aromatic carbocycles. The van der Waals surface area contributed by atoms with Crippen LogP contribution in [-0.2, 0) is 6.42 Å². The van der Waals surface area contributed by atoms with Gasteiger partial charge in [-0.1, -0.05) is 0 Å². The Hall–Kier alpha value is -2.63. The van der Waals surface area contributed by atoms with E-state index in [9.17, 15) is 13.6 Å². The van der Waals surface area contributed by atoms with Crippen LogP contribution in [0.1, 0.15) is 15.9 Å². The molecular formula is C15H12F2N2O2. The molecule has 0 fully saturated rings. The fourth-order valence-corrected chi connectivity index (χ4v) is 2.21. The van der Waals surface area contributed by atoms with Gasteiger partial charge in [-0.2, -0.15) is 0 Å². The van der Waals surface area contributed by atoms with Crippen LogP contribution in [-0.4, -0.2) is 12.5 Å². The largest absolute Gasteiger partial charge is 0.493 e. The van der Waals surface area contributed by atoms with Gasteiger partial charge in [-0.3, -0.25) is 4.79 Å². The number of halogens is 2. The lowest BCUT2D eigenvalue weighted by atomic mass is 10.1. The van der Waals surface area contributed by atoms with Crippen LogP contribution in [0.2, 0.25) is 0 Å². The zero-order chi connectivity index (χ0) is 15.0. The smallest absolute Gasteiger partial charge is 0.255 e. The highest BCUT2D eigenvalue weighted by molar-refractivity contribution is 6.06. The van der Waals surface area contributed by atoms with E-state index in [1.165, 1.54) is 6.07 Å². The summed E-state index contributed by atoms with van der Waals surface area (Å²) in [4.78, 5) is 12.1. The topological polar surface area (TPSA) is 64.3 Å². The highest BCUT2D eigenvalue weighted by Crippen LogP contribution is 2.28. The molecule has 0 aliphatic carbocycles. The van der Waals surface area contributed by atoms with Gasteiger partial charge < -0.3 is 15.8 Å². The van der Waals surface area contributed by atoms with Gasteiger partial charge in [0.05, 0.1) is 12.3 Å². The van der Waals surface area contributed by atoms with Crippen LogP contribution in [0.25, 0.3) is 0 Å². The number of nitrogens with two attached hydrogens (primary N) is 1. The van der Waals surface area contributed by atoms with E-state index in [4.69, 9.17) is 10.5 Å². The third kappa shape index (κ3) is 2.40. The van der Waals surface area contributed by atoms with Crippen LogP contribution in [0, 0.1) is 11.6 Å². The van der Waals surface area contributed by atoms with Crippen molar-refractivity contribution in [3.8, 4) is 5.75 Å². The Bertz CT molecular complexity index is 732. The van der Waals surface area contributed by atoms with Crippen molar-refractivity contribution in [2.24, 2.45) is 0 Å². The van der Waals surface area contributed by atoms with Crippen LogP contribution in [0.5, 0.6) is 5.75 Å². The average molecular weight is 290 g/mol. The molecule has 6 heteroatoms. The first kappa shape index (κ1) is 13.4. The molecule has 0 radical (unpaired) electrons. The Labute approximate surface area is 119 Å². The number of hydrogen-bond acceptors (Lipinski definition) is 3. The first-order chi connectivity index (χ1) is 10.1. The highest BCUT2D eigenvalue weighted by Gasteiger charge is 2.18. The summed E-state index contributed by atoms with van der Waals surface area (Å²) < 4.78 is 32.2. The van der Waals surface area contributed by atoms with Gasteiger partial charge in [0.15, 0.2) is 11.6 Å². The molecule has 1 aliphatic rings. The summed E-state index contributed by atoms with van der Waals surface area (Å²) in [6.07, 6.45) is 0.715. The number of nitrogens with one attached hydrogen (secondary N) is 1. The fraction of sp³-hybridized carbons (Fsp3) is 0.133. The highest BCUT2D eigenvalue weighted by atomic mass is 19.2. The molecule has 1 aliphatic heterocycles. The number of carbonyl (C=O) groups excluding carboxylic acids is 1. The van der Waals surface area contributed by atoms with Gasteiger partial charge in [0.1, 0.15) is 11.4 Å². The molecule has 0 bridgehead atoms. The van der Waals surface area contributed by atoms with E-state index in [-0.39, 0.29) is 11.4 Å². The van der Waals surface area contributed by atoms with Crippen molar-refractivity contribution in [2.75, 3.05) is 17.7 Å². The zero-order valence-corrected chi connectivity index (χ0v) is 11.0.